The molecule has 2 rings (SSSR count). The van der Waals surface area contributed by atoms with Crippen LogP contribution in [-0.4, -0.2) is 37.1 Å². The Hall–Kier alpha value is -0.0800. The number of nitrogens with zero attached hydrogens (tertiary/aromatic N) is 1. The van der Waals surface area contributed by atoms with E-state index in [-0.39, 0.29) is 0 Å². The first-order chi connectivity index (χ1) is 9.40. The average molecular weight is 266 g/mol. The molecule has 0 aromatic rings. The molecule has 0 unspecified atom stereocenters. The van der Waals surface area contributed by atoms with Gasteiger partial charge in [-0.3, -0.25) is 4.90 Å². The van der Waals surface area contributed by atoms with E-state index in [1.54, 1.807) is 0 Å². The summed E-state index contributed by atoms with van der Waals surface area (Å²) in [6.45, 7) is 7.28. The maximum atomic E-state index is 3.72. The zero-order valence-electron chi connectivity index (χ0n) is 13.0. The van der Waals surface area contributed by atoms with Gasteiger partial charge in [0.15, 0.2) is 0 Å². The molecule has 0 spiro atoms. The SMILES string of the molecule is CCN(CCNCC1CCCCC1)C1CCCCC1. The molecule has 0 saturated heterocycles. The predicted molar refractivity (Wildman–Crippen MR) is 83.6 cm³/mol. The molecule has 1 N–H and O–H groups in total. The first-order valence-corrected chi connectivity index (χ1v) is 8.85. The normalized spacial score (nSPS) is 23.1. The Bertz CT molecular complexity index is 217. The average Bonchev–Trinajstić information content (AvgIpc) is 2.49. The largest absolute Gasteiger partial charge is 0.315 e. The number of hydrogen-bond acceptors (Lipinski definition) is 2. The maximum Gasteiger partial charge on any atom is 0.0110 e. The molecule has 0 aliphatic heterocycles. The molecule has 19 heavy (non-hydrogen) atoms. The predicted octanol–water partition coefficient (Wildman–Crippen LogP) is 3.81. The smallest absolute Gasteiger partial charge is 0.0110 e. The number of rotatable bonds is 7. The highest BCUT2D eigenvalue weighted by Gasteiger charge is 2.19. The minimum absolute atomic E-state index is 0.884. The van der Waals surface area contributed by atoms with E-state index in [0.717, 1.165) is 12.0 Å². The first kappa shape index (κ1) is 15.3. The second-order valence-corrected chi connectivity index (χ2v) is 6.63. The lowest BCUT2D eigenvalue weighted by Crippen LogP contribution is -2.41. The van der Waals surface area contributed by atoms with Gasteiger partial charge in [0, 0.05) is 19.1 Å². The summed E-state index contributed by atoms with van der Waals surface area (Å²) in [5.41, 5.74) is 0. The van der Waals surface area contributed by atoms with Gasteiger partial charge in [0.05, 0.1) is 0 Å². The molecule has 112 valence electrons. The van der Waals surface area contributed by atoms with Crippen molar-refractivity contribution >= 4 is 0 Å². The van der Waals surface area contributed by atoms with Crippen molar-refractivity contribution < 1.29 is 0 Å². The lowest BCUT2D eigenvalue weighted by atomic mass is 9.89. The van der Waals surface area contributed by atoms with Crippen LogP contribution in [-0.2, 0) is 0 Å². The number of hydrogen-bond donors (Lipinski definition) is 1. The summed E-state index contributed by atoms with van der Waals surface area (Å²) < 4.78 is 0. The molecular formula is C17H34N2. The summed E-state index contributed by atoms with van der Waals surface area (Å²) in [7, 11) is 0. The second-order valence-electron chi connectivity index (χ2n) is 6.63. The van der Waals surface area contributed by atoms with Crippen molar-refractivity contribution in [3.05, 3.63) is 0 Å². The van der Waals surface area contributed by atoms with E-state index in [1.807, 2.05) is 0 Å². The molecule has 0 amide bonds. The molecule has 0 heterocycles. The summed E-state index contributed by atoms with van der Waals surface area (Å²) in [4.78, 5) is 2.72. The summed E-state index contributed by atoms with van der Waals surface area (Å²) in [6, 6.07) is 0.884. The Morgan fingerprint density at radius 3 is 2.16 bits per heavy atom. The lowest BCUT2D eigenvalue weighted by molar-refractivity contribution is 0.163. The zero-order valence-corrected chi connectivity index (χ0v) is 13.0. The molecule has 2 fully saturated rings. The van der Waals surface area contributed by atoms with Gasteiger partial charge in [-0.25, -0.2) is 0 Å². The van der Waals surface area contributed by atoms with Crippen molar-refractivity contribution in [2.45, 2.75) is 77.2 Å². The highest BCUT2D eigenvalue weighted by molar-refractivity contribution is 4.76. The molecule has 0 bridgehead atoms. The Balaban J connectivity index is 1.57. The Morgan fingerprint density at radius 2 is 1.53 bits per heavy atom. The van der Waals surface area contributed by atoms with Gasteiger partial charge in [0.1, 0.15) is 0 Å². The molecule has 2 heteroatoms. The van der Waals surface area contributed by atoms with Crippen LogP contribution < -0.4 is 5.32 Å². The third-order valence-electron chi connectivity index (χ3n) is 5.23. The molecule has 0 aromatic heterocycles. The highest BCUT2D eigenvalue weighted by Crippen LogP contribution is 2.23. The van der Waals surface area contributed by atoms with E-state index in [2.05, 4.69) is 17.1 Å². The quantitative estimate of drug-likeness (QED) is 0.705. The van der Waals surface area contributed by atoms with Crippen molar-refractivity contribution in [1.29, 1.82) is 0 Å². The van der Waals surface area contributed by atoms with Crippen LogP contribution in [0.15, 0.2) is 0 Å². The molecule has 0 atom stereocenters. The maximum absolute atomic E-state index is 3.72. The molecule has 0 aromatic carbocycles. The van der Waals surface area contributed by atoms with Crippen LogP contribution >= 0.6 is 0 Å². The molecular weight excluding hydrogens is 232 g/mol. The molecule has 2 aliphatic rings. The van der Waals surface area contributed by atoms with Gasteiger partial charge < -0.3 is 5.32 Å². The van der Waals surface area contributed by atoms with Crippen molar-refractivity contribution in [1.82, 2.24) is 10.2 Å². The van der Waals surface area contributed by atoms with Gasteiger partial charge in [-0.1, -0.05) is 45.4 Å². The van der Waals surface area contributed by atoms with Crippen molar-refractivity contribution in [3.63, 3.8) is 0 Å². The van der Waals surface area contributed by atoms with Crippen LogP contribution in [0.5, 0.6) is 0 Å². The third kappa shape index (κ3) is 5.43. The standard InChI is InChI=1S/C17H34N2/c1-2-19(17-11-7-4-8-12-17)14-13-18-15-16-9-5-3-6-10-16/h16-18H,2-15H2,1H3. The van der Waals surface area contributed by atoms with Crippen molar-refractivity contribution in [2.24, 2.45) is 5.92 Å². The third-order valence-corrected chi connectivity index (χ3v) is 5.23. The van der Waals surface area contributed by atoms with Gasteiger partial charge in [0.25, 0.3) is 0 Å². The molecule has 2 saturated carbocycles. The van der Waals surface area contributed by atoms with Crippen LogP contribution in [0, 0.1) is 5.92 Å². The van der Waals surface area contributed by atoms with Gasteiger partial charge in [-0.2, -0.15) is 0 Å². The summed E-state index contributed by atoms with van der Waals surface area (Å²) in [5, 5.41) is 3.72. The number of nitrogens with one attached hydrogen (secondary N) is 1. The Morgan fingerprint density at radius 1 is 0.895 bits per heavy atom. The first-order valence-electron chi connectivity index (χ1n) is 8.85. The fraction of sp³-hybridized carbons (Fsp3) is 1.00. The van der Waals surface area contributed by atoms with Crippen LogP contribution in [0.2, 0.25) is 0 Å². The summed E-state index contributed by atoms with van der Waals surface area (Å²) in [6.07, 6.45) is 14.6. The van der Waals surface area contributed by atoms with Gasteiger partial charge in [-0.05, 0) is 44.7 Å². The van der Waals surface area contributed by atoms with Crippen LogP contribution in [0.4, 0.5) is 0 Å². The highest BCUT2D eigenvalue weighted by atomic mass is 15.2. The Labute approximate surface area is 120 Å². The summed E-state index contributed by atoms with van der Waals surface area (Å²) in [5.74, 6) is 0.971. The van der Waals surface area contributed by atoms with E-state index in [9.17, 15) is 0 Å². The van der Waals surface area contributed by atoms with E-state index in [0.29, 0.717) is 0 Å². The fourth-order valence-electron chi connectivity index (χ4n) is 3.97. The van der Waals surface area contributed by atoms with E-state index in [1.165, 1.54) is 90.4 Å². The van der Waals surface area contributed by atoms with E-state index < -0.39 is 0 Å². The second kappa shape index (κ2) is 8.97. The number of likely N-dealkylation sites (N-methyl/N-ethyl adjacent to an activating group) is 1. The van der Waals surface area contributed by atoms with Crippen LogP contribution in [0.1, 0.15) is 71.1 Å². The lowest BCUT2D eigenvalue weighted by Gasteiger charge is -2.33. The molecule has 2 aliphatic carbocycles. The molecule has 2 nitrogen and oxygen atoms in total. The van der Waals surface area contributed by atoms with Crippen molar-refractivity contribution in [2.75, 3.05) is 26.2 Å². The monoisotopic (exact) mass is 266 g/mol. The zero-order chi connectivity index (χ0) is 13.3. The minimum Gasteiger partial charge on any atom is -0.315 e. The summed E-state index contributed by atoms with van der Waals surface area (Å²) >= 11 is 0. The van der Waals surface area contributed by atoms with E-state index >= 15 is 0 Å². The molecule has 0 radical (unpaired) electrons. The van der Waals surface area contributed by atoms with Crippen LogP contribution in [0.25, 0.3) is 0 Å². The topological polar surface area (TPSA) is 15.3 Å². The van der Waals surface area contributed by atoms with Crippen LogP contribution in [0.3, 0.4) is 0 Å². The van der Waals surface area contributed by atoms with Gasteiger partial charge in [0.2, 0.25) is 0 Å². The Kier molecular flexibility index (Phi) is 7.23. The van der Waals surface area contributed by atoms with E-state index in [4.69, 9.17) is 0 Å². The minimum atomic E-state index is 0.884. The van der Waals surface area contributed by atoms with Gasteiger partial charge in [-0.15, -0.1) is 0 Å². The fourth-order valence-corrected chi connectivity index (χ4v) is 3.97. The van der Waals surface area contributed by atoms with Gasteiger partial charge >= 0.3 is 0 Å². The van der Waals surface area contributed by atoms with Crippen molar-refractivity contribution in [3.8, 4) is 0 Å².